The molecule has 1 heterocycles. The molecule has 4 aromatic rings. The van der Waals surface area contributed by atoms with Gasteiger partial charge in [-0.1, -0.05) is 22.9 Å². The number of nitrogens with zero attached hydrogens (tertiary/aromatic N) is 1. The van der Waals surface area contributed by atoms with Crippen molar-refractivity contribution in [3.05, 3.63) is 77.1 Å². The molecule has 4 rings (SSSR count). The minimum Gasteiger partial charge on any atom is -0.494 e. The SMILES string of the molecule is COc1ccc(Cl)c2sc(NC(=O)c3ccc(NS(=O)(=O)c4ccc(F)cc4)cc3)nc12. The van der Waals surface area contributed by atoms with Crippen LogP contribution in [0, 0.1) is 5.82 Å². The van der Waals surface area contributed by atoms with Crippen molar-refractivity contribution in [2.75, 3.05) is 17.1 Å². The normalized spacial score (nSPS) is 11.3. The Kier molecular flexibility index (Phi) is 6.00. The van der Waals surface area contributed by atoms with Crippen LogP contribution in [0.15, 0.2) is 65.6 Å². The quantitative estimate of drug-likeness (QED) is 0.388. The first kappa shape index (κ1) is 22.0. The molecule has 164 valence electrons. The van der Waals surface area contributed by atoms with Gasteiger partial charge < -0.3 is 4.74 Å². The summed E-state index contributed by atoms with van der Waals surface area (Å²) in [6, 6.07) is 13.7. The number of hydrogen-bond donors (Lipinski definition) is 2. The van der Waals surface area contributed by atoms with E-state index in [2.05, 4.69) is 15.0 Å². The highest BCUT2D eigenvalue weighted by Gasteiger charge is 2.16. The third-order valence-corrected chi connectivity index (χ3v) is 7.25. The molecule has 3 aromatic carbocycles. The summed E-state index contributed by atoms with van der Waals surface area (Å²) in [6.07, 6.45) is 0. The van der Waals surface area contributed by atoms with Crippen molar-refractivity contribution in [3.63, 3.8) is 0 Å². The van der Waals surface area contributed by atoms with Crippen molar-refractivity contribution in [2.45, 2.75) is 4.90 Å². The molecule has 1 aromatic heterocycles. The van der Waals surface area contributed by atoms with E-state index in [9.17, 15) is 17.6 Å². The van der Waals surface area contributed by atoms with Crippen molar-refractivity contribution in [1.29, 1.82) is 0 Å². The van der Waals surface area contributed by atoms with Gasteiger partial charge in [-0.2, -0.15) is 0 Å². The Morgan fingerprint density at radius 1 is 1.06 bits per heavy atom. The second-order valence-corrected chi connectivity index (χ2v) is 9.63. The number of halogens is 2. The lowest BCUT2D eigenvalue weighted by Gasteiger charge is -2.09. The molecular formula is C21H15ClFN3O4S2. The first-order valence-electron chi connectivity index (χ1n) is 9.09. The standard InChI is InChI=1S/C21H15ClFN3O4S2/c1-30-17-11-10-16(22)19-18(17)24-21(31-19)25-20(27)12-2-6-14(7-3-12)26-32(28,29)15-8-4-13(23)5-9-15/h2-11,26H,1H3,(H,24,25,27). The summed E-state index contributed by atoms with van der Waals surface area (Å²) in [5.41, 5.74) is 1.10. The van der Waals surface area contributed by atoms with Crippen LogP contribution in [0.4, 0.5) is 15.2 Å². The van der Waals surface area contributed by atoms with Crippen LogP contribution in [-0.2, 0) is 10.0 Å². The monoisotopic (exact) mass is 491 g/mol. The maximum absolute atomic E-state index is 13.0. The number of ether oxygens (including phenoxy) is 1. The molecule has 0 aliphatic rings. The summed E-state index contributed by atoms with van der Waals surface area (Å²) in [7, 11) is -2.37. The molecule has 7 nitrogen and oxygen atoms in total. The highest BCUT2D eigenvalue weighted by molar-refractivity contribution is 7.92. The molecule has 0 spiro atoms. The zero-order valence-electron chi connectivity index (χ0n) is 16.4. The number of methoxy groups -OCH3 is 1. The fourth-order valence-electron chi connectivity index (χ4n) is 2.86. The summed E-state index contributed by atoms with van der Waals surface area (Å²) in [4.78, 5) is 16.9. The molecule has 0 aliphatic carbocycles. The van der Waals surface area contributed by atoms with Crippen molar-refractivity contribution in [1.82, 2.24) is 4.98 Å². The summed E-state index contributed by atoms with van der Waals surface area (Å²) in [6.45, 7) is 0. The first-order chi connectivity index (χ1) is 15.3. The zero-order valence-corrected chi connectivity index (χ0v) is 18.8. The number of anilines is 2. The van der Waals surface area contributed by atoms with Gasteiger partial charge in [-0.05, 0) is 60.7 Å². The average Bonchev–Trinajstić information content (AvgIpc) is 3.19. The van der Waals surface area contributed by atoms with Crippen molar-refractivity contribution < 1.29 is 22.3 Å². The largest absolute Gasteiger partial charge is 0.494 e. The molecule has 0 atom stereocenters. The highest BCUT2D eigenvalue weighted by Crippen LogP contribution is 2.37. The number of sulfonamides is 1. The average molecular weight is 492 g/mol. The van der Waals surface area contributed by atoms with Gasteiger partial charge in [0, 0.05) is 11.3 Å². The first-order valence-corrected chi connectivity index (χ1v) is 11.8. The molecule has 32 heavy (non-hydrogen) atoms. The van der Waals surface area contributed by atoms with Gasteiger partial charge in [-0.15, -0.1) is 0 Å². The summed E-state index contributed by atoms with van der Waals surface area (Å²) in [5, 5.41) is 3.55. The predicted octanol–water partition coefficient (Wildman–Crippen LogP) is 5.15. The maximum Gasteiger partial charge on any atom is 0.261 e. The van der Waals surface area contributed by atoms with Gasteiger partial charge in [0.05, 0.1) is 21.7 Å². The Morgan fingerprint density at radius 2 is 1.75 bits per heavy atom. The maximum atomic E-state index is 13.0. The third kappa shape index (κ3) is 4.52. The molecule has 0 radical (unpaired) electrons. The van der Waals surface area contributed by atoms with E-state index in [0.29, 0.717) is 31.7 Å². The molecule has 1 amide bonds. The number of fused-ring (bicyclic) bond motifs is 1. The fourth-order valence-corrected chi connectivity index (χ4v) is 5.07. The van der Waals surface area contributed by atoms with E-state index in [-0.39, 0.29) is 10.6 Å². The van der Waals surface area contributed by atoms with Gasteiger partial charge in [0.25, 0.3) is 15.9 Å². The smallest absolute Gasteiger partial charge is 0.261 e. The van der Waals surface area contributed by atoms with Crippen LogP contribution >= 0.6 is 22.9 Å². The number of hydrogen-bond acceptors (Lipinski definition) is 6. The number of aromatic nitrogens is 1. The van der Waals surface area contributed by atoms with E-state index in [1.165, 1.54) is 54.8 Å². The van der Waals surface area contributed by atoms with Crippen LogP contribution in [0.5, 0.6) is 5.75 Å². The van der Waals surface area contributed by atoms with Gasteiger partial charge >= 0.3 is 0 Å². The minimum atomic E-state index is -3.89. The third-order valence-electron chi connectivity index (χ3n) is 4.42. The lowest BCUT2D eigenvalue weighted by molar-refractivity contribution is 0.102. The summed E-state index contributed by atoms with van der Waals surface area (Å²) >= 11 is 7.42. The van der Waals surface area contributed by atoms with Crippen LogP contribution in [0.3, 0.4) is 0 Å². The van der Waals surface area contributed by atoms with Gasteiger partial charge in [0.1, 0.15) is 17.1 Å². The zero-order chi connectivity index (χ0) is 22.9. The van der Waals surface area contributed by atoms with E-state index in [4.69, 9.17) is 16.3 Å². The van der Waals surface area contributed by atoms with Crippen molar-refractivity contribution >= 4 is 59.9 Å². The van der Waals surface area contributed by atoms with Crippen LogP contribution in [0.1, 0.15) is 10.4 Å². The lowest BCUT2D eigenvalue weighted by atomic mass is 10.2. The molecule has 0 fully saturated rings. The van der Waals surface area contributed by atoms with E-state index in [0.717, 1.165) is 12.1 Å². The van der Waals surface area contributed by atoms with Crippen LogP contribution in [0.2, 0.25) is 5.02 Å². The summed E-state index contributed by atoms with van der Waals surface area (Å²) in [5.74, 6) is -0.417. The molecule has 0 unspecified atom stereocenters. The number of thiazole rings is 1. The number of carbonyl (C=O) groups excluding carboxylic acids is 1. The van der Waals surface area contributed by atoms with E-state index in [1.54, 1.807) is 12.1 Å². The molecule has 2 N–H and O–H groups in total. The van der Waals surface area contributed by atoms with Gasteiger partial charge in [0.2, 0.25) is 0 Å². The van der Waals surface area contributed by atoms with Gasteiger partial charge in [-0.25, -0.2) is 17.8 Å². The molecular weight excluding hydrogens is 477 g/mol. The van der Waals surface area contributed by atoms with Gasteiger partial charge in [0.15, 0.2) is 5.13 Å². The fraction of sp³-hybridized carbons (Fsp3) is 0.0476. The van der Waals surface area contributed by atoms with Crippen molar-refractivity contribution in [2.24, 2.45) is 0 Å². The lowest BCUT2D eigenvalue weighted by Crippen LogP contribution is -2.14. The van der Waals surface area contributed by atoms with Crippen LogP contribution < -0.4 is 14.8 Å². The van der Waals surface area contributed by atoms with E-state index < -0.39 is 21.7 Å². The highest BCUT2D eigenvalue weighted by atomic mass is 35.5. The molecule has 0 saturated carbocycles. The van der Waals surface area contributed by atoms with E-state index in [1.807, 2.05) is 0 Å². The molecule has 0 saturated heterocycles. The second-order valence-electron chi connectivity index (χ2n) is 6.54. The Bertz CT molecular complexity index is 1410. The second kappa shape index (κ2) is 8.73. The van der Waals surface area contributed by atoms with Crippen LogP contribution in [-0.4, -0.2) is 26.4 Å². The predicted molar refractivity (Wildman–Crippen MR) is 123 cm³/mol. The van der Waals surface area contributed by atoms with Gasteiger partial charge in [-0.3, -0.25) is 14.8 Å². The Labute approximate surface area is 191 Å². The minimum absolute atomic E-state index is 0.0781. The van der Waals surface area contributed by atoms with Crippen LogP contribution in [0.25, 0.3) is 10.2 Å². The molecule has 11 heteroatoms. The Morgan fingerprint density at radius 3 is 2.41 bits per heavy atom. The number of amides is 1. The number of benzene rings is 3. The number of nitrogens with one attached hydrogen (secondary N) is 2. The van der Waals surface area contributed by atoms with Crippen molar-refractivity contribution in [3.8, 4) is 5.75 Å². The summed E-state index contributed by atoms with van der Waals surface area (Å²) < 4.78 is 46.2. The Balaban J connectivity index is 1.49. The molecule has 0 aliphatic heterocycles. The Hall–Kier alpha value is -3.21. The number of carbonyl (C=O) groups is 1. The number of rotatable bonds is 6. The van der Waals surface area contributed by atoms with E-state index >= 15 is 0 Å². The molecule has 0 bridgehead atoms. The topological polar surface area (TPSA) is 97.4 Å².